The first-order chi connectivity index (χ1) is 7.81. The van der Waals surface area contributed by atoms with Gasteiger partial charge in [-0.2, -0.15) is 11.8 Å². The summed E-state index contributed by atoms with van der Waals surface area (Å²) in [6.07, 6.45) is 5.04. The van der Waals surface area contributed by atoms with E-state index in [1.165, 1.54) is 24.9 Å². The Morgan fingerprint density at radius 3 is 3.12 bits per heavy atom. The van der Waals surface area contributed by atoms with Crippen LogP contribution in [0.4, 0.5) is 11.6 Å². The van der Waals surface area contributed by atoms with Gasteiger partial charge in [-0.15, -0.1) is 0 Å². The fourth-order valence-corrected chi connectivity index (χ4v) is 3.14. The van der Waals surface area contributed by atoms with Gasteiger partial charge in [-0.05, 0) is 25.0 Å². The molecule has 88 valence electrons. The third-order valence-electron chi connectivity index (χ3n) is 2.85. The maximum absolute atomic E-state index is 5.82. The molecule has 1 aliphatic heterocycles. The van der Waals surface area contributed by atoms with Crippen LogP contribution in [0.2, 0.25) is 0 Å². The van der Waals surface area contributed by atoms with Gasteiger partial charge < -0.3 is 11.1 Å². The molecule has 1 unspecified atom stereocenters. The lowest BCUT2D eigenvalue weighted by Gasteiger charge is -2.13. The van der Waals surface area contributed by atoms with Gasteiger partial charge in [0.2, 0.25) is 0 Å². The third-order valence-corrected chi connectivity index (χ3v) is 4.25. The molecule has 0 radical (unpaired) electrons. The molecule has 0 aromatic carbocycles. The monoisotopic (exact) mass is 238 g/mol. The molecule has 5 heteroatoms. The van der Waals surface area contributed by atoms with E-state index in [1.54, 1.807) is 0 Å². The summed E-state index contributed by atoms with van der Waals surface area (Å²) < 4.78 is 0. The van der Waals surface area contributed by atoms with Gasteiger partial charge in [0.15, 0.2) is 0 Å². The summed E-state index contributed by atoms with van der Waals surface area (Å²) >= 11 is 2.04. The summed E-state index contributed by atoms with van der Waals surface area (Å²) in [6.45, 7) is 3.05. The van der Waals surface area contributed by atoms with Crippen LogP contribution >= 0.6 is 11.8 Å². The van der Waals surface area contributed by atoms with Crippen molar-refractivity contribution in [1.82, 2.24) is 9.97 Å². The molecular formula is C11H18N4S. The van der Waals surface area contributed by atoms with E-state index >= 15 is 0 Å². The second kappa shape index (κ2) is 5.39. The van der Waals surface area contributed by atoms with Gasteiger partial charge in [0, 0.05) is 17.4 Å². The average Bonchev–Trinajstić information content (AvgIpc) is 2.79. The normalized spacial score (nSPS) is 19.9. The Balaban J connectivity index is 2.00. The van der Waals surface area contributed by atoms with E-state index in [-0.39, 0.29) is 0 Å². The van der Waals surface area contributed by atoms with Gasteiger partial charge >= 0.3 is 0 Å². The van der Waals surface area contributed by atoms with Crippen LogP contribution in [0.25, 0.3) is 0 Å². The largest absolute Gasteiger partial charge is 0.383 e. The summed E-state index contributed by atoms with van der Waals surface area (Å²) in [6, 6.07) is 0. The summed E-state index contributed by atoms with van der Waals surface area (Å²) in [4.78, 5) is 8.27. The highest BCUT2D eigenvalue weighted by Gasteiger charge is 2.16. The second-order valence-corrected chi connectivity index (χ2v) is 5.36. The summed E-state index contributed by atoms with van der Waals surface area (Å²) in [7, 11) is 0. The number of thioether (sulfide) groups is 1. The van der Waals surface area contributed by atoms with Crippen molar-refractivity contribution in [3.05, 3.63) is 11.9 Å². The zero-order chi connectivity index (χ0) is 11.4. The van der Waals surface area contributed by atoms with E-state index in [2.05, 4.69) is 22.2 Å². The van der Waals surface area contributed by atoms with Crippen molar-refractivity contribution in [2.75, 3.05) is 23.3 Å². The first kappa shape index (κ1) is 11.5. The van der Waals surface area contributed by atoms with Crippen molar-refractivity contribution in [2.24, 2.45) is 0 Å². The topological polar surface area (TPSA) is 63.8 Å². The fraction of sp³-hybridized carbons (Fsp3) is 0.636. The minimum Gasteiger partial charge on any atom is -0.383 e. The van der Waals surface area contributed by atoms with E-state index in [9.17, 15) is 0 Å². The highest BCUT2D eigenvalue weighted by Crippen LogP contribution is 2.26. The molecule has 0 spiro atoms. The third kappa shape index (κ3) is 2.58. The van der Waals surface area contributed by atoms with Crippen LogP contribution < -0.4 is 11.1 Å². The average molecular weight is 238 g/mol. The van der Waals surface area contributed by atoms with Crippen molar-refractivity contribution in [3.63, 3.8) is 0 Å². The molecule has 1 aliphatic rings. The lowest BCUT2D eigenvalue weighted by Crippen LogP contribution is -2.16. The van der Waals surface area contributed by atoms with E-state index in [1.807, 2.05) is 11.8 Å². The molecule has 0 bridgehead atoms. The lowest BCUT2D eigenvalue weighted by molar-refractivity contribution is 0.801. The molecule has 0 saturated carbocycles. The van der Waals surface area contributed by atoms with Gasteiger partial charge in [0.05, 0.1) is 0 Å². The van der Waals surface area contributed by atoms with Gasteiger partial charge in [-0.25, -0.2) is 9.97 Å². The summed E-state index contributed by atoms with van der Waals surface area (Å²) in [5.41, 5.74) is 6.85. The molecule has 2 heterocycles. The molecule has 0 amide bonds. The first-order valence-electron chi connectivity index (χ1n) is 5.76. The zero-order valence-corrected chi connectivity index (χ0v) is 10.4. The maximum Gasteiger partial charge on any atom is 0.134 e. The molecule has 1 aromatic heterocycles. The van der Waals surface area contributed by atoms with E-state index < -0.39 is 0 Å². The number of nitrogens with two attached hydrogens (primary N) is 1. The van der Waals surface area contributed by atoms with Crippen LogP contribution in [0.3, 0.4) is 0 Å². The Morgan fingerprint density at radius 1 is 1.56 bits per heavy atom. The molecule has 1 aromatic rings. The van der Waals surface area contributed by atoms with E-state index in [4.69, 9.17) is 5.73 Å². The smallest absolute Gasteiger partial charge is 0.134 e. The molecule has 1 saturated heterocycles. The zero-order valence-electron chi connectivity index (χ0n) is 9.57. The van der Waals surface area contributed by atoms with Crippen LogP contribution in [0, 0.1) is 0 Å². The molecule has 1 fully saturated rings. The van der Waals surface area contributed by atoms with Gasteiger partial charge in [0.25, 0.3) is 0 Å². The van der Waals surface area contributed by atoms with Crippen LogP contribution in [0.15, 0.2) is 6.33 Å². The van der Waals surface area contributed by atoms with Crippen molar-refractivity contribution < 1.29 is 0 Å². The molecule has 2 rings (SSSR count). The summed E-state index contributed by atoms with van der Waals surface area (Å²) in [5.74, 6) is 2.79. The lowest BCUT2D eigenvalue weighted by atomic mass is 10.2. The number of nitrogens with one attached hydrogen (secondary N) is 1. The highest BCUT2D eigenvalue weighted by atomic mass is 32.2. The van der Waals surface area contributed by atoms with Crippen molar-refractivity contribution in [1.29, 1.82) is 0 Å². The standard InChI is InChI=1S/C11H18N4S/c1-2-9-10(12)14-7-15-11(9)13-6-8-4-3-5-16-8/h7-8H,2-6H2,1H3,(H3,12,13,14,15). The minimum atomic E-state index is 0.596. The Labute approximate surface area is 100 Å². The number of hydrogen-bond donors (Lipinski definition) is 2. The molecule has 0 aliphatic carbocycles. The molecule has 16 heavy (non-hydrogen) atoms. The molecule has 4 nitrogen and oxygen atoms in total. The molecular weight excluding hydrogens is 220 g/mol. The number of nitrogen functional groups attached to an aromatic ring is 1. The van der Waals surface area contributed by atoms with Crippen molar-refractivity contribution >= 4 is 23.4 Å². The van der Waals surface area contributed by atoms with E-state index in [0.29, 0.717) is 5.82 Å². The quantitative estimate of drug-likeness (QED) is 0.839. The van der Waals surface area contributed by atoms with Crippen LogP contribution in [0.5, 0.6) is 0 Å². The van der Waals surface area contributed by atoms with Gasteiger partial charge in [-0.1, -0.05) is 6.92 Å². The van der Waals surface area contributed by atoms with Gasteiger partial charge in [-0.3, -0.25) is 0 Å². The Hall–Kier alpha value is -0.970. The van der Waals surface area contributed by atoms with Crippen molar-refractivity contribution in [3.8, 4) is 0 Å². The number of rotatable bonds is 4. The van der Waals surface area contributed by atoms with E-state index in [0.717, 1.165) is 29.6 Å². The second-order valence-electron chi connectivity index (χ2n) is 3.96. The molecule has 3 N–H and O–H groups in total. The number of aromatic nitrogens is 2. The number of hydrogen-bond acceptors (Lipinski definition) is 5. The summed E-state index contributed by atoms with van der Waals surface area (Å²) in [5, 5.41) is 4.12. The van der Waals surface area contributed by atoms with Crippen molar-refractivity contribution in [2.45, 2.75) is 31.4 Å². The molecule has 1 atom stereocenters. The van der Waals surface area contributed by atoms with Gasteiger partial charge in [0.1, 0.15) is 18.0 Å². The maximum atomic E-state index is 5.82. The number of nitrogens with zero attached hydrogens (tertiary/aromatic N) is 2. The fourth-order valence-electron chi connectivity index (χ4n) is 1.94. The Morgan fingerprint density at radius 2 is 2.44 bits per heavy atom. The Kier molecular flexibility index (Phi) is 3.88. The van der Waals surface area contributed by atoms with Crippen LogP contribution in [-0.4, -0.2) is 27.5 Å². The SMILES string of the molecule is CCc1c(N)ncnc1NCC1CCCS1. The minimum absolute atomic E-state index is 0.596. The predicted octanol–water partition coefficient (Wildman–Crippen LogP) is 1.93. The highest BCUT2D eigenvalue weighted by molar-refractivity contribution is 8.00. The van der Waals surface area contributed by atoms with Crippen LogP contribution in [0.1, 0.15) is 25.3 Å². The van der Waals surface area contributed by atoms with Crippen LogP contribution in [-0.2, 0) is 6.42 Å². The number of anilines is 2. The predicted molar refractivity (Wildman–Crippen MR) is 69.8 cm³/mol. The Bertz CT molecular complexity index is 350. The first-order valence-corrected chi connectivity index (χ1v) is 6.81.